The van der Waals surface area contributed by atoms with Crippen molar-refractivity contribution in [3.05, 3.63) is 11.1 Å². The van der Waals surface area contributed by atoms with Gasteiger partial charge in [-0.1, -0.05) is 6.92 Å². The average Bonchev–Trinajstić information content (AvgIpc) is 2.88. The first-order valence-corrected chi connectivity index (χ1v) is 8.09. The van der Waals surface area contributed by atoms with Crippen LogP contribution in [-0.4, -0.2) is 49.7 Å². The standard InChI is InChI=1S/C14H26N4S/c1-4-7-15-10-13-11-16-14(19-13)18(3)12-5-8-17(2)9-6-12/h11-12,15H,4-10H2,1-3H3. The lowest BCUT2D eigenvalue weighted by Gasteiger charge is -2.34. The van der Waals surface area contributed by atoms with Crippen molar-refractivity contribution >= 4 is 16.5 Å². The molecule has 0 spiro atoms. The molecule has 108 valence electrons. The van der Waals surface area contributed by atoms with Crippen LogP contribution in [-0.2, 0) is 6.54 Å². The van der Waals surface area contributed by atoms with Crippen molar-refractivity contribution in [3.63, 3.8) is 0 Å². The normalized spacial score (nSPS) is 17.8. The summed E-state index contributed by atoms with van der Waals surface area (Å²) in [6.07, 6.45) is 5.70. The summed E-state index contributed by atoms with van der Waals surface area (Å²) in [4.78, 5) is 10.7. The number of anilines is 1. The Morgan fingerprint density at radius 2 is 2.21 bits per heavy atom. The Morgan fingerprint density at radius 1 is 1.47 bits per heavy atom. The highest BCUT2D eigenvalue weighted by Gasteiger charge is 2.22. The second kappa shape index (κ2) is 7.22. The topological polar surface area (TPSA) is 31.4 Å². The summed E-state index contributed by atoms with van der Waals surface area (Å²) in [5, 5.41) is 4.60. The molecule has 2 heterocycles. The predicted octanol–water partition coefficient (Wildman–Crippen LogP) is 2.17. The molecule has 1 N–H and O–H groups in total. The van der Waals surface area contributed by atoms with Crippen LogP contribution in [0.4, 0.5) is 5.13 Å². The maximum Gasteiger partial charge on any atom is 0.185 e. The minimum atomic E-state index is 0.652. The molecule has 0 atom stereocenters. The Hall–Kier alpha value is -0.650. The quantitative estimate of drug-likeness (QED) is 0.810. The second-order valence-corrected chi connectivity index (χ2v) is 6.52. The van der Waals surface area contributed by atoms with Crippen LogP contribution in [0.1, 0.15) is 31.1 Å². The largest absolute Gasteiger partial charge is 0.348 e. The molecule has 1 aliphatic rings. The lowest BCUT2D eigenvalue weighted by molar-refractivity contribution is 0.253. The average molecular weight is 282 g/mol. The second-order valence-electron chi connectivity index (χ2n) is 5.43. The highest BCUT2D eigenvalue weighted by atomic mass is 32.1. The number of nitrogens with one attached hydrogen (secondary N) is 1. The van der Waals surface area contributed by atoms with Crippen molar-refractivity contribution < 1.29 is 0 Å². The molecule has 0 bridgehead atoms. The van der Waals surface area contributed by atoms with Crippen LogP contribution in [0.15, 0.2) is 6.20 Å². The van der Waals surface area contributed by atoms with Gasteiger partial charge in [0.1, 0.15) is 0 Å². The molecule has 0 aliphatic carbocycles. The van der Waals surface area contributed by atoms with Crippen molar-refractivity contribution in [3.8, 4) is 0 Å². The zero-order chi connectivity index (χ0) is 13.7. The fourth-order valence-corrected chi connectivity index (χ4v) is 3.38. The summed E-state index contributed by atoms with van der Waals surface area (Å²) < 4.78 is 0. The smallest absolute Gasteiger partial charge is 0.185 e. The molecule has 0 saturated carbocycles. The molecule has 1 fully saturated rings. The summed E-state index contributed by atoms with van der Waals surface area (Å²) in [5.74, 6) is 0. The predicted molar refractivity (Wildman–Crippen MR) is 83.0 cm³/mol. The maximum atomic E-state index is 4.58. The third-order valence-corrected chi connectivity index (χ3v) is 4.89. The molecule has 4 nitrogen and oxygen atoms in total. The van der Waals surface area contributed by atoms with E-state index in [4.69, 9.17) is 0 Å². The highest BCUT2D eigenvalue weighted by Crippen LogP contribution is 2.26. The van der Waals surface area contributed by atoms with Gasteiger partial charge in [0.25, 0.3) is 0 Å². The third-order valence-electron chi connectivity index (χ3n) is 3.80. The van der Waals surface area contributed by atoms with Gasteiger partial charge in [-0.25, -0.2) is 4.98 Å². The Kier molecular flexibility index (Phi) is 5.60. The van der Waals surface area contributed by atoms with Gasteiger partial charge >= 0.3 is 0 Å². The van der Waals surface area contributed by atoms with Gasteiger partial charge < -0.3 is 15.1 Å². The van der Waals surface area contributed by atoms with E-state index in [1.54, 1.807) is 0 Å². The van der Waals surface area contributed by atoms with E-state index < -0.39 is 0 Å². The summed E-state index contributed by atoms with van der Waals surface area (Å²) in [7, 11) is 4.40. The Balaban J connectivity index is 1.86. The van der Waals surface area contributed by atoms with Gasteiger partial charge in [0.2, 0.25) is 0 Å². The van der Waals surface area contributed by atoms with Crippen molar-refractivity contribution in [2.45, 2.75) is 38.8 Å². The molecule has 0 amide bonds. The SMILES string of the molecule is CCCNCc1cnc(N(C)C2CCN(C)CC2)s1. The van der Waals surface area contributed by atoms with Crippen molar-refractivity contribution in [1.29, 1.82) is 0 Å². The van der Waals surface area contributed by atoms with Gasteiger partial charge in [-0.15, -0.1) is 11.3 Å². The molecular formula is C14H26N4S. The van der Waals surface area contributed by atoms with E-state index in [1.807, 2.05) is 17.5 Å². The Morgan fingerprint density at radius 3 is 2.89 bits per heavy atom. The first kappa shape index (κ1) is 14.8. The lowest BCUT2D eigenvalue weighted by atomic mass is 10.0. The van der Waals surface area contributed by atoms with Crippen LogP contribution in [0.3, 0.4) is 0 Å². The molecule has 0 aromatic carbocycles. The van der Waals surface area contributed by atoms with Gasteiger partial charge in [-0.2, -0.15) is 0 Å². The molecule has 1 aromatic heterocycles. The molecule has 0 unspecified atom stereocenters. The van der Waals surface area contributed by atoms with Gasteiger partial charge in [0.15, 0.2) is 5.13 Å². The Labute approximate surface area is 120 Å². The summed E-state index contributed by atoms with van der Waals surface area (Å²) in [6.45, 7) is 6.63. The molecular weight excluding hydrogens is 256 g/mol. The number of nitrogens with zero attached hydrogens (tertiary/aromatic N) is 3. The fourth-order valence-electron chi connectivity index (χ4n) is 2.47. The third kappa shape index (κ3) is 4.16. The molecule has 1 aliphatic heterocycles. The number of likely N-dealkylation sites (tertiary alicyclic amines) is 1. The van der Waals surface area contributed by atoms with E-state index >= 15 is 0 Å². The Bertz CT molecular complexity index is 371. The number of aromatic nitrogens is 1. The van der Waals surface area contributed by atoms with E-state index in [1.165, 1.54) is 42.4 Å². The van der Waals surface area contributed by atoms with Crippen LogP contribution in [0.2, 0.25) is 0 Å². The fraction of sp³-hybridized carbons (Fsp3) is 0.786. The molecule has 19 heavy (non-hydrogen) atoms. The number of thiazole rings is 1. The van der Waals surface area contributed by atoms with E-state index in [9.17, 15) is 0 Å². The summed E-state index contributed by atoms with van der Waals surface area (Å²) in [6, 6.07) is 0.652. The van der Waals surface area contributed by atoms with Gasteiger partial charge in [-0.3, -0.25) is 0 Å². The van der Waals surface area contributed by atoms with Crippen LogP contribution >= 0.6 is 11.3 Å². The van der Waals surface area contributed by atoms with E-state index in [0.29, 0.717) is 6.04 Å². The molecule has 1 saturated heterocycles. The van der Waals surface area contributed by atoms with Gasteiger partial charge in [-0.05, 0) is 45.9 Å². The van der Waals surface area contributed by atoms with E-state index in [2.05, 4.69) is 41.1 Å². The number of hydrogen-bond donors (Lipinski definition) is 1. The minimum Gasteiger partial charge on any atom is -0.348 e. The number of rotatable bonds is 6. The van der Waals surface area contributed by atoms with Crippen LogP contribution in [0.5, 0.6) is 0 Å². The minimum absolute atomic E-state index is 0.652. The van der Waals surface area contributed by atoms with Gasteiger partial charge in [0, 0.05) is 30.7 Å². The van der Waals surface area contributed by atoms with Crippen molar-refractivity contribution in [1.82, 2.24) is 15.2 Å². The molecule has 5 heteroatoms. The van der Waals surface area contributed by atoms with Crippen LogP contribution in [0.25, 0.3) is 0 Å². The zero-order valence-electron chi connectivity index (χ0n) is 12.4. The van der Waals surface area contributed by atoms with E-state index in [0.717, 1.165) is 13.1 Å². The molecule has 0 radical (unpaired) electrons. The maximum absolute atomic E-state index is 4.58. The summed E-state index contributed by atoms with van der Waals surface area (Å²) >= 11 is 1.82. The first-order chi connectivity index (χ1) is 9.20. The van der Waals surface area contributed by atoms with Crippen molar-refractivity contribution in [2.24, 2.45) is 0 Å². The zero-order valence-corrected chi connectivity index (χ0v) is 13.2. The number of piperidine rings is 1. The first-order valence-electron chi connectivity index (χ1n) is 7.27. The van der Waals surface area contributed by atoms with Crippen LogP contribution < -0.4 is 10.2 Å². The summed E-state index contributed by atoms with van der Waals surface area (Å²) in [5.41, 5.74) is 0. The number of hydrogen-bond acceptors (Lipinski definition) is 5. The van der Waals surface area contributed by atoms with Gasteiger partial charge in [0.05, 0.1) is 0 Å². The monoisotopic (exact) mass is 282 g/mol. The van der Waals surface area contributed by atoms with Crippen molar-refractivity contribution in [2.75, 3.05) is 38.6 Å². The molecule has 2 rings (SSSR count). The van der Waals surface area contributed by atoms with E-state index in [-0.39, 0.29) is 0 Å². The molecule has 1 aromatic rings. The van der Waals surface area contributed by atoms with Crippen LogP contribution in [0, 0.1) is 0 Å². The highest BCUT2D eigenvalue weighted by molar-refractivity contribution is 7.15. The lowest BCUT2D eigenvalue weighted by Crippen LogP contribution is -2.41.